The van der Waals surface area contributed by atoms with Crippen molar-refractivity contribution in [2.45, 2.75) is 38.7 Å². The maximum absolute atomic E-state index is 11.7. The number of benzene rings is 1. The van der Waals surface area contributed by atoms with Gasteiger partial charge in [0, 0.05) is 10.9 Å². The minimum Gasteiger partial charge on any atom is -0.488 e. The Kier molecular flexibility index (Phi) is 3.38. The SMILES string of the molecule is Cc1ncsc1COc1ccc2oc(C)c(C3(C(=O)O)CC3)c2c1. The Morgan fingerprint density at radius 1 is 1.42 bits per heavy atom. The average molecular weight is 343 g/mol. The Morgan fingerprint density at radius 2 is 2.21 bits per heavy atom. The second-order valence-electron chi connectivity index (χ2n) is 6.23. The zero-order valence-electron chi connectivity index (χ0n) is 13.5. The van der Waals surface area contributed by atoms with Crippen LogP contribution in [-0.4, -0.2) is 16.1 Å². The Balaban J connectivity index is 1.70. The highest BCUT2D eigenvalue weighted by molar-refractivity contribution is 7.09. The molecule has 1 saturated carbocycles. The average Bonchev–Trinajstić information content (AvgIpc) is 3.14. The number of furan rings is 1. The molecule has 0 amide bonds. The van der Waals surface area contributed by atoms with E-state index in [4.69, 9.17) is 9.15 Å². The van der Waals surface area contributed by atoms with Crippen molar-refractivity contribution in [1.82, 2.24) is 4.98 Å². The van der Waals surface area contributed by atoms with Crippen molar-refractivity contribution in [3.63, 3.8) is 0 Å². The van der Waals surface area contributed by atoms with Gasteiger partial charge in [-0.05, 0) is 44.9 Å². The van der Waals surface area contributed by atoms with Gasteiger partial charge >= 0.3 is 5.97 Å². The van der Waals surface area contributed by atoms with E-state index in [0.717, 1.165) is 21.5 Å². The van der Waals surface area contributed by atoms with Gasteiger partial charge in [0.25, 0.3) is 0 Å². The molecule has 0 bridgehead atoms. The quantitative estimate of drug-likeness (QED) is 0.751. The molecule has 1 N–H and O–H groups in total. The number of nitrogens with zero attached hydrogens (tertiary/aromatic N) is 1. The van der Waals surface area contributed by atoms with Gasteiger partial charge in [-0.2, -0.15) is 0 Å². The van der Waals surface area contributed by atoms with Crippen LogP contribution in [0.3, 0.4) is 0 Å². The van der Waals surface area contributed by atoms with Crippen LogP contribution in [0.25, 0.3) is 11.0 Å². The van der Waals surface area contributed by atoms with E-state index in [1.54, 1.807) is 16.8 Å². The van der Waals surface area contributed by atoms with Crippen LogP contribution < -0.4 is 4.74 Å². The van der Waals surface area contributed by atoms with Gasteiger partial charge in [-0.15, -0.1) is 11.3 Å². The van der Waals surface area contributed by atoms with Gasteiger partial charge < -0.3 is 14.3 Å². The maximum Gasteiger partial charge on any atom is 0.314 e. The fraction of sp³-hybridized carbons (Fsp3) is 0.333. The summed E-state index contributed by atoms with van der Waals surface area (Å²) in [6, 6.07) is 5.59. The summed E-state index contributed by atoms with van der Waals surface area (Å²) in [7, 11) is 0. The predicted octanol–water partition coefficient (Wildman–Crippen LogP) is 4.20. The molecule has 2 aromatic heterocycles. The first-order chi connectivity index (χ1) is 11.5. The highest BCUT2D eigenvalue weighted by Crippen LogP contribution is 2.52. The Hall–Kier alpha value is -2.34. The van der Waals surface area contributed by atoms with E-state index in [9.17, 15) is 9.90 Å². The molecule has 6 heteroatoms. The third-order valence-corrected chi connectivity index (χ3v) is 5.60. The van der Waals surface area contributed by atoms with Gasteiger partial charge in [0.2, 0.25) is 0 Å². The number of thiazole rings is 1. The maximum atomic E-state index is 11.7. The summed E-state index contributed by atoms with van der Waals surface area (Å²) >= 11 is 1.57. The zero-order chi connectivity index (χ0) is 16.9. The number of carboxylic acid groups (broad SMARTS) is 1. The summed E-state index contributed by atoms with van der Waals surface area (Å²) in [5.41, 5.74) is 3.49. The van der Waals surface area contributed by atoms with E-state index in [0.29, 0.717) is 36.5 Å². The number of aromatic nitrogens is 1. The van der Waals surface area contributed by atoms with Crippen LogP contribution >= 0.6 is 11.3 Å². The van der Waals surface area contributed by atoms with Crippen molar-refractivity contribution in [2.24, 2.45) is 0 Å². The molecule has 1 fully saturated rings. The molecule has 0 saturated heterocycles. The lowest BCUT2D eigenvalue weighted by Crippen LogP contribution is -2.20. The van der Waals surface area contributed by atoms with E-state index < -0.39 is 11.4 Å². The van der Waals surface area contributed by atoms with Crippen molar-refractivity contribution in [3.05, 3.63) is 45.6 Å². The number of rotatable bonds is 5. The summed E-state index contributed by atoms with van der Waals surface area (Å²) in [5, 5.41) is 10.4. The van der Waals surface area contributed by atoms with E-state index in [1.165, 1.54) is 0 Å². The Bertz CT molecular complexity index is 936. The molecule has 4 rings (SSSR count). The molecule has 1 aromatic carbocycles. The smallest absolute Gasteiger partial charge is 0.314 e. The lowest BCUT2D eigenvalue weighted by molar-refractivity contribution is -0.140. The molecule has 1 aliphatic carbocycles. The fourth-order valence-electron chi connectivity index (χ4n) is 3.19. The standard InChI is InChI=1S/C18H17NO4S/c1-10-15(24-9-19-10)8-22-12-3-4-14-13(7-12)16(11(2)23-14)18(5-6-18)17(20)21/h3-4,7,9H,5-6,8H2,1-2H3,(H,20,21). The molecular weight excluding hydrogens is 326 g/mol. The lowest BCUT2D eigenvalue weighted by Gasteiger charge is -2.10. The lowest BCUT2D eigenvalue weighted by atomic mass is 9.93. The highest BCUT2D eigenvalue weighted by Gasteiger charge is 2.54. The molecule has 3 aromatic rings. The van der Waals surface area contributed by atoms with Crippen LogP contribution in [0.15, 0.2) is 28.1 Å². The molecule has 0 atom stereocenters. The van der Waals surface area contributed by atoms with Crippen LogP contribution in [0.4, 0.5) is 0 Å². The molecule has 124 valence electrons. The molecule has 0 radical (unpaired) electrons. The van der Waals surface area contributed by atoms with Gasteiger partial charge in [-0.3, -0.25) is 4.79 Å². The van der Waals surface area contributed by atoms with Crippen LogP contribution in [0.2, 0.25) is 0 Å². The van der Waals surface area contributed by atoms with Gasteiger partial charge in [0.1, 0.15) is 23.7 Å². The molecule has 1 aliphatic rings. The molecule has 24 heavy (non-hydrogen) atoms. The van der Waals surface area contributed by atoms with E-state index in [-0.39, 0.29) is 0 Å². The van der Waals surface area contributed by atoms with Gasteiger partial charge in [-0.1, -0.05) is 0 Å². The molecule has 5 nitrogen and oxygen atoms in total. The van der Waals surface area contributed by atoms with Crippen molar-refractivity contribution >= 4 is 28.3 Å². The minimum atomic E-state index is -0.789. The summed E-state index contributed by atoms with van der Waals surface area (Å²) in [6.45, 7) is 4.25. The third kappa shape index (κ3) is 2.29. The number of ether oxygens (including phenoxy) is 1. The van der Waals surface area contributed by atoms with Gasteiger partial charge in [0.15, 0.2) is 0 Å². The second kappa shape index (κ2) is 5.34. The molecule has 0 spiro atoms. The van der Waals surface area contributed by atoms with Gasteiger partial charge in [-0.25, -0.2) is 4.98 Å². The van der Waals surface area contributed by atoms with Crippen molar-refractivity contribution < 1.29 is 19.1 Å². The molecular formula is C18H17NO4S. The van der Waals surface area contributed by atoms with Crippen LogP contribution in [0, 0.1) is 13.8 Å². The number of carboxylic acids is 1. The van der Waals surface area contributed by atoms with Crippen molar-refractivity contribution in [2.75, 3.05) is 0 Å². The van der Waals surface area contributed by atoms with Crippen molar-refractivity contribution in [3.8, 4) is 5.75 Å². The third-order valence-electron chi connectivity index (χ3n) is 4.69. The zero-order valence-corrected chi connectivity index (χ0v) is 14.3. The first-order valence-corrected chi connectivity index (χ1v) is 8.68. The summed E-state index contributed by atoms with van der Waals surface area (Å²) in [6.07, 6.45) is 1.31. The van der Waals surface area contributed by atoms with Crippen LogP contribution in [0.5, 0.6) is 5.75 Å². The number of hydrogen-bond acceptors (Lipinski definition) is 5. The Morgan fingerprint density at radius 3 is 2.83 bits per heavy atom. The normalized spacial score (nSPS) is 15.6. The van der Waals surface area contributed by atoms with E-state index >= 15 is 0 Å². The first-order valence-electron chi connectivity index (χ1n) is 7.80. The second-order valence-corrected chi connectivity index (χ2v) is 7.17. The number of aryl methyl sites for hydroxylation is 2. The number of hydrogen-bond donors (Lipinski definition) is 1. The number of fused-ring (bicyclic) bond motifs is 1. The molecule has 0 unspecified atom stereocenters. The molecule has 0 aliphatic heterocycles. The van der Waals surface area contributed by atoms with E-state index in [2.05, 4.69) is 4.98 Å². The molecule has 2 heterocycles. The number of aliphatic carboxylic acids is 1. The fourth-order valence-corrected chi connectivity index (χ4v) is 3.88. The van der Waals surface area contributed by atoms with Crippen LogP contribution in [-0.2, 0) is 16.8 Å². The topological polar surface area (TPSA) is 72.6 Å². The monoisotopic (exact) mass is 343 g/mol. The summed E-state index contributed by atoms with van der Waals surface area (Å²) in [4.78, 5) is 17.0. The largest absolute Gasteiger partial charge is 0.488 e. The summed E-state index contributed by atoms with van der Waals surface area (Å²) < 4.78 is 11.7. The van der Waals surface area contributed by atoms with Crippen LogP contribution in [0.1, 0.15) is 34.7 Å². The predicted molar refractivity (Wildman–Crippen MR) is 90.7 cm³/mol. The first kappa shape index (κ1) is 15.2. The highest BCUT2D eigenvalue weighted by atomic mass is 32.1. The Labute approximate surface area is 142 Å². The van der Waals surface area contributed by atoms with E-state index in [1.807, 2.05) is 32.0 Å². The minimum absolute atomic E-state index is 0.457. The summed E-state index contributed by atoms with van der Waals surface area (Å²) in [5.74, 6) is 0.610. The van der Waals surface area contributed by atoms with Gasteiger partial charge in [0.05, 0.1) is 21.5 Å². The van der Waals surface area contributed by atoms with Crippen molar-refractivity contribution in [1.29, 1.82) is 0 Å². The number of carbonyl (C=O) groups is 1.